The first-order valence-corrected chi connectivity index (χ1v) is 7.09. The molecule has 2 aromatic rings. The molecule has 0 atom stereocenters. The first-order chi connectivity index (χ1) is 9.72. The van der Waals surface area contributed by atoms with Gasteiger partial charge in [0.1, 0.15) is 0 Å². The van der Waals surface area contributed by atoms with Crippen molar-refractivity contribution in [3.63, 3.8) is 0 Å². The molecule has 104 valence electrons. The Morgan fingerprint density at radius 3 is 2.95 bits per heavy atom. The van der Waals surface area contributed by atoms with Crippen LogP contribution in [0.4, 0.5) is 0 Å². The van der Waals surface area contributed by atoms with E-state index in [4.69, 9.17) is 16.0 Å². The number of carbonyl (C=O) groups excluding carboxylic acids is 1. The molecule has 1 aliphatic rings. The third kappa shape index (κ3) is 3.20. The lowest BCUT2D eigenvalue weighted by atomic mass is 10.2. The van der Waals surface area contributed by atoms with Gasteiger partial charge >= 0.3 is 0 Å². The van der Waals surface area contributed by atoms with Crippen LogP contribution in [0.15, 0.2) is 34.9 Å². The van der Waals surface area contributed by atoms with E-state index >= 15 is 0 Å². The highest BCUT2D eigenvalue weighted by atomic mass is 35.5. The Balaban J connectivity index is 1.61. The molecular formula is C15H15ClN2O2. The molecule has 4 nitrogen and oxygen atoms in total. The number of nitrogens with one attached hydrogen (secondary N) is 1. The van der Waals surface area contributed by atoms with E-state index in [0.717, 1.165) is 18.4 Å². The van der Waals surface area contributed by atoms with Gasteiger partial charge in [0, 0.05) is 24.4 Å². The van der Waals surface area contributed by atoms with Crippen molar-refractivity contribution in [2.45, 2.75) is 31.7 Å². The van der Waals surface area contributed by atoms with E-state index in [-0.39, 0.29) is 5.91 Å². The van der Waals surface area contributed by atoms with E-state index in [1.54, 1.807) is 6.20 Å². The summed E-state index contributed by atoms with van der Waals surface area (Å²) < 4.78 is 5.65. The van der Waals surface area contributed by atoms with E-state index < -0.39 is 0 Å². The number of amides is 1. The fraction of sp³-hybridized carbons (Fsp3) is 0.333. The topological polar surface area (TPSA) is 55.1 Å². The van der Waals surface area contributed by atoms with Gasteiger partial charge in [0.2, 0.25) is 5.91 Å². The van der Waals surface area contributed by atoms with Crippen LogP contribution in [0.1, 0.15) is 25.2 Å². The number of hydrogen-bond donors (Lipinski definition) is 1. The average molecular weight is 291 g/mol. The highest BCUT2D eigenvalue weighted by Crippen LogP contribution is 2.28. The molecule has 0 radical (unpaired) electrons. The van der Waals surface area contributed by atoms with Gasteiger partial charge in [-0.15, -0.1) is 0 Å². The molecule has 5 heteroatoms. The van der Waals surface area contributed by atoms with Crippen molar-refractivity contribution in [3.05, 3.63) is 41.4 Å². The summed E-state index contributed by atoms with van der Waals surface area (Å²) >= 11 is 6.11. The number of aryl methyl sites for hydroxylation is 1. The van der Waals surface area contributed by atoms with Crippen LogP contribution in [0, 0.1) is 0 Å². The van der Waals surface area contributed by atoms with Gasteiger partial charge in [-0.3, -0.25) is 4.79 Å². The van der Waals surface area contributed by atoms with Gasteiger partial charge in [-0.1, -0.05) is 23.7 Å². The van der Waals surface area contributed by atoms with Crippen molar-refractivity contribution >= 4 is 17.5 Å². The molecule has 3 rings (SSSR count). The minimum absolute atomic E-state index is 0.0602. The fourth-order valence-corrected chi connectivity index (χ4v) is 2.19. The third-order valence-corrected chi connectivity index (χ3v) is 3.53. The molecule has 1 fully saturated rings. The van der Waals surface area contributed by atoms with Gasteiger partial charge in [-0.2, -0.15) is 0 Å². The van der Waals surface area contributed by atoms with Crippen LogP contribution in [0.25, 0.3) is 11.3 Å². The number of nitrogens with zero attached hydrogens (tertiary/aromatic N) is 1. The summed E-state index contributed by atoms with van der Waals surface area (Å²) in [6.45, 7) is 0. The van der Waals surface area contributed by atoms with Gasteiger partial charge < -0.3 is 9.73 Å². The number of hydrogen-bond acceptors (Lipinski definition) is 3. The highest BCUT2D eigenvalue weighted by molar-refractivity contribution is 6.33. The van der Waals surface area contributed by atoms with E-state index in [0.29, 0.717) is 35.6 Å². The van der Waals surface area contributed by atoms with Crippen molar-refractivity contribution in [3.8, 4) is 11.3 Å². The normalized spacial score (nSPS) is 14.2. The number of benzene rings is 1. The van der Waals surface area contributed by atoms with Crippen LogP contribution in [0.5, 0.6) is 0 Å². The first kappa shape index (κ1) is 13.2. The van der Waals surface area contributed by atoms with Crippen LogP contribution < -0.4 is 5.32 Å². The van der Waals surface area contributed by atoms with Crippen LogP contribution in [-0.4, -0.2) is 16.9 Å². The predicted molar refractivity (Wildman–Crippen MR) is 76.4 cm³/mol. The first-order valence-electron chi connectivity index (χ1n) is 6.71. The summed E-state index contributed by atoms with van der Waals surface area (Å²) in [6, 6.07) is 7.85. The van der Waals surface area contributed by atoms with Crippen LogP contribution in [-0.2, 0) is 11.2 Å². The quantitative estimate of drug-likeness (QED) is 0.920. The molecule has 1 aliphatic carbocycles. The molecule has 0 bridgehead atoms. The van der Waals surface area contributed by atoms with Crippen LogP contribution in [0.3, 0.4) is 0 Å². The largest absolute Gasteiger partial charge is 0.441 e. The number of halogens is 1. The Bertz CT molecular complexity index is 620. The minimum Gasteiger partial charge on any atom is -0.441 e. The fourth-order valence-electron chi connectivity index (χ4n) is 1.96. The van der Waals surface area contributed by atoms with Crippen LogP contribution in [0.2, 0.25) is 5.02 Å². The van der Waals surface area contributed by atoms with Crippen molar-refractivity contribution in [1.82, 2.24) is 10.3 Å². The lowest BCUT2D eigenvalue weighted by molar-refractivity contribution is -0.121. The molecule has 1 heterocycles. The zero-order valence-corrected chi connectivity index (χ0v) is 11.7. The zero-order chi connectivity index (χ0) is 13.9. The summed E-state index contributed by atoms with van der Waals surface area (Å²) in [4.78, 5) is 15.8. The van der Waals surface area contributed by atoms with Gasteiger partial charge in [-0.25, -0.2) is 4.98 Å². The minimum atomic E-state index is 0.0602. The summed E-state index contributed by atoms with van der Waals surface area (Å²) in [5.74, 6) is 1.25. The Kier molecular flexibility index (Phi) is 3.74. The Hall–Kier alpha value is -1.81. The van der Waals surface area contributed by atoms with E-state index in [9.17, 15) is 4.79 Å². The summed E-state index contributed by atoms with van der Waals surface area (Å²) in [5.41, 5.74) is 0.815. The summed E-state index contributed by atoms with van der Waals surface area (Å²) in [7, 11) is 0. The second-order valence-corrected chi connectivity index (χ2v) is 5.35. The van der Waals surface area contributed by atoms with Gasteiger partial charge in [0.25, 0.3) is 0 Å². The molecule has 1 N–H and O–H groups in total. The molecule has 0 aliphatic heterocycles. The molecule has 1 saturated carbocycles. The summed E-state index contributed by atoms with van der Waals surface area (Å²) in [5, 5.41) is 3.57. The Morgan fingerprint density at radius 2 is 2.20 bits per heavy atom. The lowest BCUT2D eigenvalue weighted by Crippen LogP contribution is -2.25. The smallest absolute Gasteiger partial charge is 0.220 e. The van der Waals surface area contributed by atoms with Crippen molar-refractivity contribution < 1.29 is 9.21 Å². The molecule has 0 saturated heterocycles. The third-order valence-electron chi connectivity index (χ3n) is 3.20. The van der Waals surface area contributed by atoms with Crippen molar-refractivity contribution in [2.75, 3.05) is 0 Å². The predicted octanol–water partition coefficient (Wildman–Crippen LogP) is 3.21. The standard InChI is InChI=1S/C15H15ClN2O2/c16-12-4-2-1-3-11(12)13-9-17-15(20-13)8-7-14(19)18-10-5-6-10/h1-4,9-10H,5-8H2,(H,18,19). The van der Waals surface area contributed by atoms with Crippen molar-refractivity contribution in [2.24, 2.45) is 0 Å². The molecule has 1 aromatic carbocycles. The molecule has 1 amide bonds. The second-order valence-electron chi connectivity index (χ2n) is 4.94. The highest BCUT2D eigenvalue weighted by Gasteiger charge is 2.23. The van der Waals surface area contributed by atoms with Gasteiger partial charge in [-0.05, 0) is 25.0 Å². The Labute approximate surface area is 122 Å². The second kappa shape index (κ2) is 5.67. The average Bonchev–Trinajstić information content (AvgIpc) is 3.12. The maximum absolute atomic E-state index is 11.6. The SMILES string of the molecule is O=C(CCc1ncc(-c2ccccc2Cl)o1)NC1CC1. The summed E-state index contributed by atoms with van der Waals surface area (Å²) in [6.07, 6.45) is 4.75. The van der Waals surface area contributed by atoms with E-state index in [2.05, 4.69) is 10.3 Å². The van der Waals surface area contributed by atoms with Gasteiger partial charge in [0.05, 0.1) is 11.2 Å². The Morgan fingerprint density at radius 1 is 1.40 bits per heavy atom. The molecule has 0 unspecified atom stereocenters. The zero-order valence-electron chi connectivity index (χ0n) is 10.9. The maximum atomic E-state index is 11.6. The number of carbonyl (C=O) groups is 1. The molecular weight excluding hydrogens is 276 g/mol. The van der Waals surface area contributed by atoms with Gasteiger partial charge in [0.15, 0.2) is 11.7 Å². The maximum Gasteiger partial charge on any atom is 0.220 e. The van der Waals surface area contributed by atoms with E-state index in [1.807, 2.05) is 24.3 Å². The molecule has 1 aromatic heterocycles. The molecule has 20 heavy (non-hydrogen) atoms. The van der Waals surface area contributed by atoms with Crippen molar-refractivity contribution in [1.29, 1.82) is 0 Å². The lowest BCUT2D eigenvalue weighted by Gasteiger charge is -2.01. The molecule has 0 spiro atoms. The number of oxazole rings is 1. The monoisotopic (exact) mass is 290 g/mol. The number of rotatable bonds is 5. The number of aromatic nitrogens is 1. The van der Waals surface area contributed by atoms with E-state index in [1.165, 1.54) is 0 Å². The van der Waals surface area contributed by atoms with Crippen LogP contribution >= 0.6 is 11.6 Å².